The number of amides is 2. The molecule has 0 aliphatic heterocycles. The van der Waals surface area contributed by atoms with Gasteiger partial charge in [0.25, 0.3) is 0 Å². The van der Waals surface area contributed by atoms with Crippen molar-refractivity contribution < 1.29 is 14.3 Å². The maximum Gasteiger partial charge on any atom is 0.413 e. The molecule has 1 aromatic rings. The molecule has 5 nitrogen and oxygen atoms in total. The molecule has 0 saturated heterocycles. The number of hydrogen-bond donors (Lipinski definition) is 2. The Morgan fingerprint density at radius 2 is 1.70 bits per heavy atom. The first-order valence-corrected chi connectivity index (χ1v) is 6.65. The van der Waals surface area contributed by atoms with Crippen LogP contribution in [0.4, 0.5) is 4.79 Å². The van der Waals surface area contributed by atoms with Gasteiger partial charge in [0.2, 0.25) is 5.91 Å². The van der Waals surface area contributed by atoms with Gasteiger partial charge in [0, 0.05) is 6.04 Å². The van der Waals surface area contributed by atoms with Crippen LogP contribution in [0.15, 0.2) is 30.3 Å². The minimum absolute atomic E-state index is 0.0367. The van der Waals surface area contributed by atoms with Crippen molar-refractivity contribution in [3.8, 4) is 0 Å². The van der Waals surface area contributed by atoms with E-state index in [1.165, 1.54) is 7.11 Å². The van der Waals surface area contributed by atoms with Gasteiger partial charge in [-0.15, -0.1) is 0 Å². The van der Waals surface area contributed by atoms with E-state index in [0.717, 1.165) is 5.56 Å². The number of methoxy groups -OCH3 is 1. The standard InChI is InChI=1S/C15H22N2O3/c1-10(2)13(12-8-6-5-7-9-12)16-11(3)14(18)17-15(19)20-4/h5-11,13,16H,1-4H3,(H,17,18,19)/t11-,13+/m1/s1. The molecular weight excluding hydrogens is 256 g/mol. The lowest BCUT2D eigenvalue weighted by Crippen LogP contribution is -2.46. The smallest absolute Gasteiger partial charge is 0.413 e. The Labute approximate surface area is 119 Å². The summed E-state index contributed by atoms with van der Waals surface area (Å²) < 4.78 is 4.41. The Hall–Kier alpha value is -1.88. The zero-order chi connectivity index (χ0) is 15.1. The van der Waals surface area contributed by atoms with Crippen molar-refractivity contribution >= 4 is 12.0 Å². The SMILES string of the molecule is COC(=O)NC(=O)[C@@H](C)N[C@H](c1ccccc1)C(C)C. The highest BCUT2D eigenvalue weighted by atomic mass is 16.5. The largest absolute Gasteiger partial charge is 0.453 e. The fourth-order valence-electron chi connectivity index (χ4n) is 1.94. The van der Waals surface area contributed by atoms with Gasteiger partial charge in [-0.3, -0.25) is 15.4 Å². The van der Waals surface area contributed by atoms with Crippen molar-refractivity contribution in [2.24, 2.45) is 5.92 Å². The number of nitrogens with one attached hydrogen (secondary N) is 2. The van der Waals surface area contributed by atoms with Crippen LogP contribution in [-0.4, -0.2) is 25.2 Å². The summed E-state index contributed by atoms with van der Waals surface area (Å²) in [6.07, 6.45) is -0.746. The molecular formula is C15H22N2O3. The molecule has 0 fully saturated rings. The second-order valence-corrected chi connectivity index (χ2v) is 5.00. The van der Waals surface area contributed by atoms with E-state index in [4.69, 9.17) is 0 Å². The second kappa shape index (κ2) is 7.65. The van der Waals surface area contributed by atoms with E-state index in [1.807, 2.05) is 30.3 Å². The van der Waals surface area contributed by atoms with Crippen LogP contribution in [-0.2, 0) is 9.53 Å². The average Bonchev–Trinajstić information content (AvgIpc) is 2.44. The fraction of sp³-hybridized carbons (Fsp3) is 0.467. The van der Waals surface area contributed by atoms with E-state index in [0.29, 0.717) is 5.92 Å². The summed E-state index contributed by atoms with van der Waals surface area (Å²) in [4.78, 5) is 22.9. The molecule has 20 heavy (non-hydrogen) atoms. The van der Waals surface area contributed by atoms with Crippen molar-refractivity contribution in [3.63, 3.8) is 0 Å². The normalized spacial score (nSPS) is 13.7. The summed E-state index contributed by atoms with van der Waals surface area (Å²) in [6, 6.07) is 9.45. The third-order valence-electron chi connectivity index (χ3n) is 3.06. The molecule has 1 aromatic carbocycles. The van der Waals surface area contributed by atoms with Crippen LogP contribution in [0, 0.1) is 5.92 Å². The summed E-state index contributed by atoms with van der Waals surface area (Å²) in [5.74, 6) is -0.0933. The molecule has 0 saturated carbocycles. The van der Waals surface area contributed by atoms with Crippen molar-refractivity contribution in [2.75, 3.05) is 7.11 Å². The van der Waals surface area contributed by atoms with Crippen LogP contribution in [0.3, 0.4) is 0 Å². The molecule has 0 spiro atoms. The van der Waals surface area contributed by atoms with E-state index in [9.17, 15) is 9.59 Å². The van der Waals surface area contributed by atoms with E-state index in [-0.39, 0.29) is 6.04 Å². The third-order valence-corrected chi connectivity index (χ3v) is 3.06. The Bertz CT molecular complexity index is 446. The minimum atomic E-state index is -0.746. The molecule has 0 radical (unpaired) electrons. The molecule has 0 unspecified atom stereocenters. The molecule has 0 aliphatic rings. The molecule has 0 heterocycles. The number of carbonyl (C=O) groups excluding carboxylic acids is 2. The van der Waals surface area contributed by atoms with Gasteiger partial charge in [-0.05, 0) is 18.4 Å². The minimum Gasteiger partial charge on any atom is -0.453 e. The van der Waals surface area contributed by atoms with E-state index >= 15 is 0 Å². The zero-order valence-corrected chi connectivity index (χ0v) is 12.3. The predicted molar refractivity (Wildman–Crippen MR) is 77.2 cm³/mol. The van der Waals surface area contributed by atoms with Crippen LogP contribution in [0.2, 0.25) is 0 Å². The number of hydrogen-bond acceptors (Lipinski definition) is 4. The van der Waals surface area contributed by atoms with Crippen molar-refractivity contribution in [1.29, 1.82) is 0 Å². The predicted octanol–water partition coefficient (Wildman–Crippen LogP) is 2.24. The molecule has 0 aromatic heterocycles. The van der Waals surface area contributed by atoms with Gasteiger partial charge in [-0.2, -0.15) is 0 Å². The van der Waals surface area contributed by atoms with Gasteiger partial charge in [0.1, 0.15) is 0 Å². The highest BCUT2D eigenvalue weighted by molar-refractivity contribution is 5.94. The number of carbonyl (C=O) groups is 2. The molecule has 0 aliphatic carbocycles. The first kappa shape index (κ1) is 16.2. The lowest BCUT2D eigenvalue weighted by molar-refractivity contribution is -0.122. The average molecular weight is 278 g/mol. The first-order valence-electron chi connectivity index (χ1n) is 6.65. The van der Waals surface area contributed by atoms with Gasteiger partial charge in [0.05, 0.1) is 13.2 Å². The third kappa shape index (κ3) is 4.66. The molecule has 2 N–H and O–H groups in total. The Morgan fingerprint density at radius 3 is 2.20 bits per heavy atom. The topological polar surface area (TPSA) is 67.4 Å². The number of ether oxygens (including phenoxy) is 1. The Balaban J connectivity index is 2.71. The quantitative estimate of drug-likeness (QED) is 0.867. The van der Waals surface area contributed by atoms with Gasteiger partial charge < -0.3 is 4.74 Å². The van der Waals surface area contributed by atoms with Crippen LogP contribution < -0.4 is 10.6 Å². The summed E-state index contributed by atoms with van der Waals surface area (Å²) in [5, 5.41) is 5.40. The maximum absolute atomic E-state index is 11.8. The highest BCUT2D eigenvalue weighted by Crippen LogP contribution is 2.21. The highest BCUT2D eigenvalue weighted by Gasteiger charge is 2.22. The summed E-state index contributed by atoms with van der Waals surface area (Å²) in [7, 11) is 1.22. The number of rotatable bonds is 5. The molecule has 1 rings (SSSR count). The Morgan fingerprint density at radius 1 is 1.10 bits per heavy atom. The van der Waals surface area contributed by atoms with Gasteiger partial charge in [0.15, 0.2) is 0 Å². The second-order valence-electron chi connectivity index (χ2n) is 5.00. The number of imide groups is 1. The van der Waals surface area contributed by atoms with Gasteiger partial charge in [-0.25, -0.2) is 4.79 Å². The first-order chi connectivity index (χ1) is 9.45. The van der Waals surface area contributed by atoms with Gasteiger partial charge >= 0.3 is 6.09 Å². The number of alkyl carbamates (subject to hydrolysis) is 1. The molecule has 5 heteroatoms. The molecule has 2 amide bonds. The lowest BCUT2D eigenvalue weighted by atomic mass is 9.95. The van der Waals surface area contributed by atoms with E-state index < -0.39 is 18.0 Å². The van der Waals surface area contributed by atoms with Crippen LogP contribution in [0.5, 0.6) is 0 Å². The summed E-state index contributed by atoms with van der Waals surface area (Å²) in [5.41, 5.74) is 1.11. The zero-order valence-electron chi connectivity index (χ0n) is 12.3. The monoisotopic (exact) mass is 278 g/mol. The summed E-state index contributed by atoms with van der Waals surface area (Å²) in [6.45, 7) is 5.88. The van der Waals surface area contributed by atoms with Gasteiger partial charge in [-0.1, -0.05) is 44.2 Å². The molecule has 2 atom stereocenters. The molecule has 110 valence electrons. The fourth-order valence-corrected chi connectivity index (χ4v) is 1.94. The maximum atomic E-state index is 11.8. The number of benzene rings is 1. The van der Waals surface area contributed by atoms with Crippen molar-refractivity contribution in [2.45, 2.75) is 32.9 Å². The van der Waals surface area contributed by atoms with Crippen LogP contribution in [0.1, 0.15) is 32.4 Å². The van der Waals surface area contributed by atoms with Crippen LogP contribution in [0.25, 0.3) is 0 Å². The molecule has 0 bridgehead atoms. The van der Waals surface area contributed by atoms with E-state index in [1.54, 1.807) is 6.92 Å². The lowest BCUT2D eigenvalue weighted by Gasteiger charge is -2.26. The summed E-state index contributed by atoms with van der Waals surface area (Å²) >= 11 is 0. The van der Waals surface area contributed by atoms with Crippen LogP contribution >= 0.6 is 0 Å². The van der Waals surface area contributed by atoms with Crippen molar-refractivity contribution in [3.05, 3.63) is 35.9 Å². The van der Waals surface area contributed by atoms with Crippen molar-refractivity contribution in [1.82, 2.24) is 10.6 Å². The van der Waals surface area contributed by atoms with E-state index in [2.05, 4.69) is 29.2 Å². The Kier molecular flexibility index (Phi) is 6.18.